The summed E-state index contributed by atoms with van der Waals surface area (Å²) in [7, 11) is 0. The molecule has 0 spiro atoms. The molecule has 0 radical (unpaired) electrons. The van der Waals surface area contributed by atoms with Crippen LogP contribution in [0.1, 0.15) is 40.5 Å². The van der Waals surface area contributed by atoms with Gasteiger partial charge in [0.1, 0.15) is 12.2 Å². The Labute approximate surface area is 125 Å². The quantitative estimate of drug-likeness (QED) is 0.550. The molecule has 0 bridgehead atoms. The number of hydrogen-bond donors (Lipinski definition) is 0. The first-order valence-electron chi connectivity index (χ1n) is 7.65. The molecular weight excluding hydrogens is 268 g/mol. The Morgan fingerprint density at radius 2 is 2.05 bits per heavy atom. The lowest BCUT2D eigenvalue weighted by Crippen LogP contribution is -2.40. The van der Waals surface area contributed by atoms with Crippen molar-refractivity contribution in [3.63, 3.8) is 0 Å². The van der Waals surface area contributed by atoms with Crippen molar-refractivity contribution in [2.24, 2.45) is 17.8 Å². The summed E-state index contributed by atoms with van der Waals surface area (Å²) in [5.74, 6) is 0.703. The van der Waals surface area contributed by atoms with Crippen LogP contribution in [-0.2, 0) is 19.1 Å². The number of carbonyl (C=O) groups excluding carboxylic acids is 2. The van der Waals surface area contributed by atoms with Gasteiger partial charge in [0.2, 0.25) is 0 Å². The SMILES string of the molecule is CC(=O)O[C@H]1C[C@H]2[C@H](C)C[C@@H]3OC(=O)C(C)=C3[C@H]2C=C1C. The zero-order valence-corrected chi connectivity index (χ0v) is 13.0. The standard InChI is InChI=1S/C17H22O4/c1-8-6-15-16(10(3)17(19)21-15)13-5-9(2)14(7-12(8)13)20-11(4)18/h5,8,12-15H,6-7H2,1-4H3/t8-,12+,13+,14+,15+/m1/s1. The second-order valence-electron chi connectivity index (χ2n) is 6.62. The van der Waals surface area contributed by atoms with Crippen LogP contribution in [0.4, 0.5) is 0 Å². The van der Waals surface area contributed by atoms with E-state index < -0.39 is 0 Å². The van der Waals surface area contributed by atoms with Crippen LogP contribution in [0.2, 0.25) is 0 Å². The molecule has 0 saturated heterocycles. The van der Waals surface area contributed by atoms with Crippen LogP contribution in [0, 0.1) is 17.8 Å². The minimum Gasteiger partial charge on any atom is -0.458 e. The lowest BCUT2D eigenvalue weighted by atomic mass is 9.63. The molecule has 1 saturated carbocycles. The normalized spacial score (nSPS) is 38.4. The second-order valence-corrected chi connectivity index (χ2v) is 6.62. The maximum Gasteiger partial charge on any atom is 0.334 e. The first-order chi connectivity index (χ1) is 9.88. The molecule has 1 fully saturated rings. The average molecular weight is 290 g/mol. The fourth-order valence-electron chi connectivity index (χ4n) is 4.13. The molecule has 0 N–H and O–H groups in total. The molecule has 1 heterocycles. The van der Waals surface area contributed by atoms with Crippen molar-refractivity contribution in [1.29, 1.82) is 0 Å². The maximum atomic E-state index is 11.8. The Hall–Kier alpha value is -1.58. The van der Waals surface area contributed by atoms with E-state index >= 15 is 0 Å². The van der Waals surface area contributed by atoms with E-state index in [1.165, 1.54) is 6.92 Å². The van der Waals surface area contributed by atoms with Crippen LogP contribution >= 0.6 is 0 Å². The molecule has 4 nitrogen and oxygen atoms in total. The highest BCUT2D eigenvalue weighted by molar-refractivity contribution is 5.92. The Morgan fingerprint density at radius 3 is 2.71 bits per heavy atom. The summed E-state index contributed by atoms with van der Waals surface area (Å²) in [6.07, 6.45) is 3.72. The van der Waals surface area contributed by atoms with E-state index in [-0.39, 0.29) is 30.1 Å². The zero-order chi connectivity index (χ0) is 15.3. The lowest BCUT2D eigenvalue weighted by Gasteiger charge is -2.43. The van der Waals surface area contributed by atoms with Crippen molar-refractivity contribution in [3.8, 4) is 0 Å². The maximum absolute atomic E-state index is 11.8. The molecule has 0 unspecified atom stereocenters. The van der Waals surface area contributed by atoms with Crippen molar-refractivity contribution in [2.45, 2.75) is 52.7 Å². The predicted octanol–water partition coefficient (Wildman–Crippen LogP) is 2.78. The van der Waals surface area contributed by atoms with E-state index in [1.807, 2.05) is 13.8 Å². The van der Waals surface area contributed by atoms with Gasteiger partial charge < -0.3 is 9.47 Å². The lowest BCUT2D eigenvalue weighted by molar-refractivity contribution is -0.147. The van der Waals surface area contributed by atoms with Crippen LogP contribution in [0.25, 0.3) is 0 Å². The van der Waals surface area contributed by atoms with Gasteiger partial charge in [0.05, 0.1) is 0 Å². The second kappa shape index (κ2) is 5.00. The third-order valence-electron chi connectivity index (χ3n) is 5.22. The molecule has 2 aliphatic carbocycles. The monoisotopic (exact) mass is 290 g/mol. The third kappa shape index (κ3) is 2.30. The summed E-state index contributed by atoms with van der Waals surface area (Å²) in [6.45, 7) is 7.53. The van der Waals surface area contributed by atoms with E-state index in [0.29, 0.717) is 11.8 Å². The molecule has 1 aliphatic heterocycles. The molecule has 114 valence electrons. The number of fused-ring (bicyclic) bond motifs is 3. The smallest absolute Gasteiger partial charge is 0.334 e. The number of carbonyl (C=O) groups is 2. The van der Waals surface area contributed by atoms with Crippen LogP contribution in [0.5, 0.6) is 0 Å². The van der Waals surface area contributed by atoms with E-state index in [0.717, 1.165) is 29.6 Å². The highest BCUT2D eigenvalue weighted by Gasteiger charge is 2.47. The fraction of sp³-hybridized carbons (Fsp3) is 0.647. The highest BCUT2D eigenvalue weighted by Crippen LogP contribution is 2.49. The van der Waals surface area contributed by atoms with Gasteiger partial charge in [0.25, 0.3) is 0 Å². The number of rotatable bonds is 1. The Balaban J connectivity index is 1.96. The molecule has 3 rings (SSSR count). The van der Waals surface area contributed by atoms with E-state index in [1.54, 1.807) is 0 Å². The van der Waals surface area contributed by atoms with Crippen molar-refractivity contribution in [2.75, 3.05) is 0 Å². The first-order valence-corrected chi connectivity index (χ1v) is 7.65. The number of allylic oxidation sites excluding steroid dienone is 1. The van der Waals surface area contributed by atoms with Gasteiger partial charge in [-0.15, -0.1) is 0 Å². The molecule has 0 amide bonds. The summed E-state index contributed by atoms with van der Waals surface area (Å²) in [4.78, 5) is 23.1. The molecule has 0 aromatic heterocycles. The van der Waals surface area contributed by atoms with Gasteiger partial charge in [-0.05, 0) is 49.7 Å². The van der Waals surface area contributed by atoms with Crippen molar-refractivity contribution >= 4 is 11.9 Å². The van der Waals surface area contributed by atoms with Crippen LogP contribution in [-0.4, -0.2) is 24.1 Å². The van der Waals surface area contributed by atoms with E-state index in [2.05, 4.69) is 13.0 Å². The summed E-state index contributed by atoms with van der Waals surface area (Å²) in [6, 6.07) is 0. The third-order valence-corrected chi connectivity index (χ3v) is 5.22. The van der Waals surface area contributed by atoms with Crippen LogP contribution < -0.4 is 0 Å². The van der Waals surface area contributed by atoms with Crippen LogP contribution in [0.3, 0.4) is 0 Å². The van der Waals surface area contributed by atoms with Gasteiger partial charge in [-0.3, -0.25) is 4.79 Å². The molecule has 0 aromatic rings. The van der Waals surface area contributed by atoms with Gasteiger partial charge in [-0.25, -0.2) is 4.79 Å². The van der Waals surface area contributed by atoms with Crippen LogP contribution in [0.15, 0.2) is 22.8 Å². The number of hydrogen-bond acceptors (Lipinski definition) is 4. The average Bonchev–Trinajstić information content (AvgIpc) is 2.66. The highest BCUT2D eigenvalue weighted by atomic mass is 16.6. The van der Waals surface area contributed by atoms with Crippen molar-refractivity contribution in [1.82, 2.24) is 0 Å². The minimum absolute atomic E-state index is 0.0527. The van der Waals surface area contributed by atoms with Gasteiger partial charge in [0, 0.05) is 18.4 Å². The molecule has 4 heteroatoms. The van der Waals surface area contributed by atoms with Crippen molar-refractivity contribution < 1.29 is 19.1 Å². The molecule has 0 aromatic carbocycles. The Bertz CT molecular complexity index is 557. The summed E-state index contributed by atoms with van der Waals surface area (Å²) < 4.78 is 10.9. The predicted molar refractivity (Wildman–Crippen MR) is 77.3 cm³/mol. The zero-order valence-electron chi connectivity index (χ0n) is 13.0. The summed E-state index contributed by atoms with van der Waals surface area (Å²) in [5, 5.41) is 0. The number of esters is 2. The van der Waals surface area contributed by atoms with Gasteiger partial charge >= 0.3 is 11.9 Å². The minimum atomic E-state index is -0.234. The Kier molecular flexibility index (Phi) is 3.42. The summed E-state index contributed by atoms with van der Waals surface area (Å²) in [5.41, 5.74) is 3.01. The van der Waals surface area contributed by atoms with Gasteiger partial charge in [-0.2, -0.15) is 0 Å². The van der Waals surface area contributed by atoms with E-state index in [9.17, 15) is 9.59 Å². The van der Waals surface area contributed by atoms with Gasteiger partial charge in [-0.1, -0.05) is 13.0 Å². The molecule has 21 heavy (non-hydrogen) atoms. The van der Waals surface area contributed by atoms with Crippen molar-refractivity contribution in [3.05, 3.63) is 22.8 Å². The topological polar surface area (TPSA) is 52.6 Å². The Morgan fingerprint density at radius 1 is 1.33 bits per heavy atom. The largest absolute Gasteiger partial charge is 0.458 e. The molecular formula is C17H22O4. The fourth-order valence-corrected chi connectivity index (χ4v) is 4.13. The number of ether oxygens (including phenoxy) is 2. The van der Waals surface area contributed by atoms with E-state index in [4.69, 9.17) is 9.47 Å². The summed E-state index contributed by atoms with van der Waals surface area (Å²) >= 11 is 0. The molecule has 3 aliphatic rings. The van der Waals surface area contributed by atoms with Gasteiger partial charge in [0.15, 0.2) is 0 Å². The first kappa shape index (κ1) is 14.4. The molecule has 5 atom stereocenters.